The number of aryl methyl sites for hydroxylation is 3. The Labute approximate surface area is 111 Å². The second-order valence-corrected chi connectivity index (χ2v) is 4.50. The number of hydrogen-bond acceptors (Lipinski definition) is 3. The molecule has 0 aliphatic carbocycles. The first-order valence-electron chi connectivity index (χ1n) is 5.86. The van der Waals surface area contributed by atoms with Crippen molar-refractivity contribution in [1.82, 2.24) is 9.55 Å². The standard InChI is InChI=1S/C14H16N2O3/c1-8-5-10(6-9(2)13(8)19-4)12-11(14(17)18)15-7-16(12)3/h5-7H,1-4H3,(H,17,18). The molecule has 5 heteroatoms. The quantitative estimate of drug-likeness (QED) is 0.920. The molecule has 1 N–H and O–H groups in total. The topological polar surface area (TPSA) is 64.3 Å². The van der Waals surface area contributed by atoms with Gasteiger partial charge in [-0.05, 0) is 37.1 Å². The van der Waals surface area contributed by atoms with Gasteiger partial charge < -0.3 is 14.4 Å². The van der Waals surface area contributed by atoms with Crippen molar-refractivity contribution >= 4 is 5.97 Å². The van der Waals surface area contributed by atoms with Gasteiger partial charge in [0.25, 0.3) is 0 Å². The van der Waals surface area contributed by atoms with Crippen molar-refractivity contribution in [1.29, 1.82) is 0 Å². The number of ether oxygens (including phenoxy) is 1. The van der Waals surface area contributed by atoms with Crippen LogP contribution in [0, 0.1) is 13.8 Å². The molecule has 0 spiro atoms. The summed E-state index contributed by atoms with van der Waals surface area (Å²) in [4.78, 5) is 15.1. The van der Waals surface area contributed by atoms with Crippen LogP contribution in [0.25, 0.3) is 11.3 Å². The largest absolute Gasteiger partial charge is 0.496 e. The molecule has 0 atom stereocenters. The van der Waals surface area contributed by atoms with Crippen molar-refractivity contribution < 1.29 is 14.6 Å². The highest BCUT2D eigenvalue weighted by molar-refractivity contribution is 5.93. The van der Waals surface area contributed by atoms with E-state index in [4.69, 9.17) is 4.74 Å². The zero-order valence-corrected chi connectivity index (χ0v) is 11.4. The molecule has 0 radical (unpaired) electrons. The van der Waals surface area contributed by atoms with E-state index in [0.717, 1.165) is 22.4 Å². The number of aromatic nitrogens is 2. The van der Waals surface area contributed by atoms with Crippen LogP contribution in [0.4, 0.5) is 0 Å². The molecular weight excluding hydrogens is 244 g/mol. The molecule has 0 saturated carbocycles. The maximum absolute atomic E-state index is 11.2. The van der Waals surface area contributed by atoms with Crippen LogP contribution < -0.4 is 4.74 Å². The molecule has 0 unspecified atom stereocenters. The van der Waals surface area contributed by atoms with Crippen molar-refractivity contribution in [2.45, 2.75) is 13.8 Å². The number of methoxy groups -OCH3 is 1. The fourth-order valence-corrected chi connectivity index (χ4v) is 2.34. The number of nitrogens with zero attached hydrogens (tertiary/aromatic N) is 2. The monoisotopic (exact) mass is 260 g/mol. The van der Waals surface area contributed by atoms with Crippen LogP contribution in [0.5, 0.6) is 5.75 Å². The van der Waals surface area contributed by atoms with Gasteiger partial charge in [0, 0.05) is 12.6 Å². The van der Waals surface area contributed by atoms with E-state index >= 15 is 0 Å². The van der Waals surface area contributed by atoms with E-state index in [1.807, 2.05) is 26.0 Å². The lowest BCUT2D eigenvalue weighted by molar-refractivity contribution is 0.0692. The van der Waals surface area contributed by atoms with Crippen LogP contribution >= 0.6 is 0 Å². The molecule has 1 aromatic carbocycles. The zero-order chi connectivity index (χ0) is 14.2. The lowest BCUT2D eigenvalue weighted by Gasteiger charge is -2.12. The molecule has 1 aromatic heterocycles. The molecule has 0 saturated heterocycles. The number of carbonyl (C=O) groups is 1. The third-order valence-electron chi connectivity index (χ3n) is 3.08. The lowest BCUT2D eigenvalue weighted by atomic mass is 10.0. The number of hydrogen-bond donors (Lipinski definition) is 1. The highest BCUT2D eigenvalue weighted by Gasteiger charge is 2.18. The summed E-state index contributed by atoms with van der Waals surface area (Å²) >= 11 is 0. The summed E-state index contributed by atoms with van der Waals surface area (Å²) in [6, 6.07) is 3.82. The Hall–Kier alpha value is -2.30. The summed E-state index contributed by atoms with van der Waals surface area (Å²) in [7, 11) is 3.41. The van der Waals surface area contributed by atoms with Gasteiger partial charge in [0.15, 0.2) is 5.69 Å². The van der Waals surface area contributed by atoms with E-state index in [2.05, 4.69) is 4.98 Å². The van der Waals surface area contributed by atoms with Crippen LogP contribution in [0.15, 0.2) is 18.5 Å². The van der Waals surface area contributed by atoms with Gasteiger partial charge in [-0.15, -0.1) is 0 Å². The third-order valence-corrected chi connectivity index (χ3v) is 3.08. The van der Waals surface area contributed by atoms with Gasteiger partial charge in [-0.1, -0.05) is 0 Å². The van der Waals surface area contributed by atoms with Crippen molar-refractivity contribution in [3.05, 3.63) is 35.3 Å². The first-order chi connectivity index (χ1) is 8.95. The summed E-state index contributed by atoms with van der Waals surface area (Å²) in [5.74, 6) is -0.204. The number of aromatic carboxylic acids is 1. The maximum atomic E-state index is 11.2. The third kappa shape index (κ3) is 2.19. The van der Waals surface area contributed by atoms with Crippen LogP contribution in [-0.4, -0.2) is 27.7 Å². The Balaban J connectivity index is 2.66. The number of rotatable bonds is 3. The van der Waals surface area contributed by atoms with Gasteiger partial charge >= 0.3 is 5.97 Å². The Morgan fingerprint density at radius 3 is 2.37 bits per heavy atom. The molecule has 0 amide bonds. The van der Waals surface area contributed by atoms with E-state index in [1.165, 1.54) is 6.33 Å². The highest BCUT2D eigenvalue weighted by Crippen LogP contribution is 2.31. The molecular formula is C14H16N2O3. The van der Waals surface area contributed by atoms with Crippen molar-refractivity contribution in [3.63, 3.8) is 0 Å². The first kappa shape index (κ1) is 13.1. The SMILES string of the molecule is COc1c(C)cc(-c2c(C(=O)O)ncn2C)cc1C. The Kier molecular flexibility index (Phi) is 3.29. The Morgan fingerprint density at radius 2 is 1.89 bits per heavy atom. The predicted octanol–water partition coefficient (Wildman–Crippen LogP) is 2.41. The normalized spacial score (nSPS) is 10.5. The van der Waals surface area contributed by atoms with E-state index in [-0.39, 0.29) is 5.69 Å². The molecule has 5 nitrogen and oxygen atoms in total. The fraction of sp³-hybridized carbons (Fsp3) is 0.286. The molecule has 100 valence electrons. The summed E-state index contributed by atoms with van der Waals surface area (Å²) in [5, 5.41) is 9.18. The van der Waals surface area contributed by atoms with E-state index in [1.54, 1.807) is 18.7 Å². The molecule has 0 aliphatic heterocycles. The predicted molar refractivity (Wildman–Crippen MR) is 71.6 cm³/mol. The van der Waals surface area contributed by atoms with Crippen LogP contribution in [0.3, 0.4) is 0 Å². The number of carboxylic acids is 1. The number of imidazole rings is 1. The molecule has 2 aromatic rings. The van der Waals surface area contributed by atoms with Gasteiger partial charge in [0.1, 0.15) is 5.75 Å². The molecule has 0 aliphatic rings. The Morgan fingerprint density at radius 1 is 1.32 bits per heavy atom. The van der Waals surface area contributed by atoms with E-state index in [9.17, 15) is 9.90 Å². The molecule has 0 fully saturated rings. The molecule has 0 bridgehead atoms. The van der Waals surface area contributed by atoms with E-state index in [0.29, 0.717) is 5.69 Å². The maximum Gasteiger partial charge on any atom is 0.356 e. The summed E-state index contributed by atoms with van der Waals surface area (Å²) in [5.41, 5.74) is 3.42. The van der Waals surface area contributed by atoms with Crippen LogP contribution in [0.1, 0.15) is 21.6 Å². The summed E-state index contributed by atoms with van der Waals surface area (Å²) < 4.78 is 7.03. The summed E-state index contributed by atoms with van der Waals surface area (Å²) in [6.45, 7) is 3.87. The smallest absolute Gasteiger partial charge is 0.356 e. The second-order valence-electron chi connectivity index (χ2n) is 4.50. The second kappa shape index (κ2) is 4.76. The van der Waals surface area contributed by atoms with Crippen molar-refractivity contribution in [3.8, 4) is 17.0 Å². The average Bonchev–Trinajstić information content (AvgIpc) is 2.70. The minimum absolute atomic E-state index is 0.0615. The molecule has 19 heavy (non-hydrogen) atoms. The van der Waals surface area contributed by atoms with Crippen molar-refractivity contribution in [2.24, 2.45) is 7.05 Å². The van der Waals surface area contributed by atoms with Gasteiger partial charge in [0.2, 0.25) is 0 Å². The van der Waals surface area contributed by atoms with Gasteiger partial charge in [-0.25, -0.2) is 9.78 Å². The Bertz CT molecular complexity index is 621. The van der Waals surface area contributed by atoms with Crippen LogP contribution in [-0.2, 0) is 7.05 Å². The van der Waals surface area contributed by atoms with E-state index < -0.39 is 5.97 Å². The number of carboxylic acid groups (broad SMARTS) is 1. The minimum atomic E-state index is -1.03. The minimum Gasteiger partial charge on any atom is -0.496 e. The molecule has 2 rings (SSSR count). The lowest BCUT2D eigenvalue weighted by Crippen LogP contribution is -2.02. The zero-order valence-electron chi connectivity index (χ0n) is 11.4. The van der Waals surface area contributed by atoms with Gasteiger partial charge in [0.05, 0.1) is 19.1 Å². The van der Waals surface area contributed by atoms with Crippen molar-refractivity contribution in [2.75, 3.05) is 7.11 Å². The van der Waals surface area contributed by atoms with Crippen LogP contribution in [0.2, 0.25) is 0 Å². The summed E-state index contributed by atoms with van der Waals surface area (Å²) in [6.07, 6.45) is 1.51. The average molecular weight is 260 g/mol. The van der Waals surface area contributed by atoms with Gasteiger partial charge in [-0.2, -0.15) is 0 Å². The molecule has 1 heterocycles. The first-order valence-corrected chi connectivity index (χ1v) is 5.86. The highest BCUT2D eigenvalue weighted by atomic mass is 16.5. The fourth-order valence-electron chi connectivity index (χ4n) is 2.34. The van der Waals surface area contributed by atoms with Gasteiger partial charge in [-0.3, -0.25) is 0 Å². The number of benzene rings is 1.